The van der Waals surface area contributed by atoms with E-state index in [-0.39, 0.29) is 18.1 Å². The maximum absolute atomic E-state index is 12.8. The van der Waals surface area contributed by atoms with Gasteiger partial charge in [0.15, 0.2) is 11.5 Å². The molecule has 0 radical (unpaired) electrons. The van der Waals surface area contributed by atoms with Gasteiger partial charge >= 0.3 is 0 Å². The fourth-order valence-electron chi connectivity index (χ4n) is 2.54. The molecule has 1 aromatic carbocycles. The molecule has 2 aliphatic rings. The summed E-state index contributed by atoms with van der Waals surface area (Å²) >= 11 is 3.51. The van der Waals surface area contributed by atoms with Crippen LogP contribution in [0, 0.1) is 0 Å². The van der Waals surface area contributed by atoms with Crippen molar-refractivity contribution in [3.63, 3.8) is 0 Å². The summed E-state index contributed by atoms with van der Waals surface area (Å²) in [5.41, 5.74) is 0.656. The number of carbonyl (C=O) groups is 1. The largest absolute Gasteiger partial charge is 0.454 e. The van der Waals surface area contributed by atoms with E-state index in [2.05, 4.69) is 11.4 Å². The average Bonchev–Trinajstić information content (AvgIpc) is 3.24. The lowest BCUT2D eigenvalue weighted by Crippen LogP contribution is -2.30. The molecule has 6 heteroatoms. The van der Waals surface area contributed by atoms with Crippen molar-refractivity contribution >= 4 is 29.0 Å². The number of rotatable bonds is 2. The Bertz CT molecular complexity index is 672. The highest BCUT2D eigenvalue weighted by Crippen LogP contribution is 2.41. The zero-order valence-electron chi connectivity index (χ0n) is 11.2. The molecular weight excluding hydrogens is 306 g/mol. The number of benzene rings is 1. The van der Waals surface area contributed by atoms with E-state index in [9.17, 15) is 4.79 Å². The van der Waals surface area contributed by atoms with Crippen LogP contribution in [-0.2, 0) is 0 Å². The first-order chi connectivity index (χ1) is 10.3. The van der Waals surface area contributed by atoms with Crippen LogP contribution < -0.4 is 9.47 Å². The van der Waals surface area contributed by atoms with E-state index in [1.165, 1.54) is 4.88 Å². The van der Waals surface area contributed by atoms with Crippen LogP contribution in [0.4, 0.5) is 0 Å². The van der Waals surface area contributed by atoms with Crippen LogP contribution in [-0.4, -0.2) is 29.9 Å². The minimum atomic E-state index is 0.0525. The van der Waals surface area contributed by atoms with Crippen LogP contribution in [0.2, 0.25) is 0 Å². The van der Waals surface area contributed by atoms with E-state index in [0.717, 1.165) is 12.3 Å². The van der Waals surface area contributed by atoms with Crippen LogP contribution in [0.25, 0.3) is 0 Å². The molecule has 0 aliphatic carbocycles. The van der Waals surface area contributed by atoms with Crippen LogP contribution in [0.1, 0.15) is 20.6 Å². The molecule has 4 nitrogen and oxygen atoms in total. The second kappa shape index (κ2) is 5.27. The standard InChI is InChI=1S/C15H13NO3S2/c17-14(10-3-4-11-12(8-10)19-9-18-11)16-5-7-21-15(16)13-2-1-6-20-13/h1-4,6,8,15H,5,7,9H2/t15-/m0/s1. The Hall–Kier alpha value is -1.66. The van der Waals surface area contributed by atoms with Gasteiger partial charge in [-0.1, -0.05) is 6.07 Å². The molecule has 3 heterocycles. The van der Waals surface area contributed by atoms with Crippen molar-refractivity contribution in [2.45, 2.75) is 5.37 Å². The molecule has 108 valence electrons. The number of nitrogens with zero attached hydrogens (tertiary/aromatic N) is 1. The highest BCUT2D eigenvalue weighted by Gasteiger charge is 2.32. The topological polar surface area (TPSA) is 38.8 Å². The molecule has 0 unspecified atom stereocenters. The van der Waals surface area contributed by atoms with Crippen LogP contribution in [0.15, 0.2) is 35.7 Å². The van der Waals surface area contributed by atoms with Gasteiger partial charge in [0.05, 0.1) is 0 Å². The molecule has 0 bridgehead atoms. The second-order valence-corrected chi connectivity index (χ2v) is 6.97. The van der Waals surface area contributed by atoms with Crippen molar-refractivity contribution in [1.29, 1.82) is 0 Å². The quantitative estimate of drug-likeness (QED) is 0.851. The summed E-state index contributed by atoms with van der Waals surface area (Å²) in [4.78, 5) is 15.9. The summed E-state index contributed by atoms with van der Waals surface area (Å²) in [6.45, 7) is 1.00. The number of ether oxygens (including phenoxy) is 2. The van der Waals surface area contributed by atoms with Gasteiger partial charge < -0.3 is 14.4 Å². The van der Waals surface area contributed by atoms with E-state index in [1.807, 2.05) is 28.8 Å². The van der Waals surface area contributed by atoms with Gasteiger partial charge in [-0.05, 0) is 29.6 Å². The fraction of sp³-hybridized carbons (Fsp3) is 0.267. The summed E-state index contributed by atoms with van der Waals surface area (Å²) < 4.78 is 10.6. The number of hydrogen-bond donors (Lipinski definition) is 0. The van der Waals surface area contributed by atoms with Gasteiger partial charge in [0.1, 0.15) is 5.37 Å². The van der Waals surface area contributed by atoms with E-state index in [1.54, 1.807) is 23.5 Å². The first-order valence-corrected chi connectivity index (χ1v) is 8.61. The number of amides is 1. The number of thioether (sulfide) groups is 1. The summed E-state index contributed by atoms with van der Waals surface area (Å²) in [7, 11) is 0. The third-order valence-corrected chi connectivity index (χ3v) is 5.87. The zero-order valence-corrected chi connectivity index (χ0v) is 12.8. The SMILES string of the molecule is O=C(c1ccc2c(c1)OCO2)N1CCS[C@H]1c1cccs1. The van der Waals surface area contributed by atoms with E-state index >= 15 is 0 Å². The van der Waals surface area contributed by atoms with Crippen molar-refractivity contribution in [1.82, 2.24) is 4.90 Å². The van der Waals surface area contributed by atoms with Crippen molar-refractivity contribution in [2.75, 3.05) is 19.1 Å². The summed E-state index contributed by atoms with van der Waals surface area (Å²) in [6.07, 6.45) is 0. The Kier molecular flexibility index (Phi) is 3.27. The van der Waals surface area contributed by atoms with Gasteiger partial charge in [-0.3, -0.25) is 4.79 Å². The van der Waals surface area contributed by atoms with Gasteiger partial charge in [0.2, 0.25) is 6.79 Å². The predicted octanol–water partition coefficient (Wildman–Crippen LogP) is 3.36. The number of fused-ring (bicyclic) bond motifs is 1. The minimum Gasteiger partial charge on any atom is -0.454 e. The van der Waals surface area contributed by atoms with Crippen molar-refractivity contribution in [3.05, 3.63) is 46.2 Å². The molecule has 0 saturated carbocycles. The molecule has 2 aromatic rings. The lowest BCUT2D eigenvalue weighted by atomic mass is 10.1. The van der Waals surface area contributed by atoms with Gasteiger partial charge in [0, 0.05) is 22.7 Å². The first kappa shape index (κ1) is 13.0. The minimum absolute atomic E-state index is 0.0525. The Morgan fingerprint density at radius 1 is 1.24 bits per heavy atom. The molecule has 1 fully saturated rings. The van der Waals surface area contributed by atoms with E-state index < -0.39 is 0 Å². The monoisotopic (exact) mass is 319 g/mol. The third-order valence-electron chi connectivity index (χ3n) is 3.56. The van der Waals surface area contributed by atoms with E-state index in [0.29, 0.717) is 17.1 Å². The Labute approximate surface area is 130 Å². The fourth-order valence-corrected chi connectivity index (χ4v) is 4.78. The molecular formula is C15H13NO3S2. The highest BCUT2D eigenvalue weighted by molar-refractivity contribution is 7.99. The summed E-state index contributed by atoms with van der Waals surface area (Å²) in [6, 6.07) is 9.51. The lowest BCUT2D eigenvalue weighted by molar-refractivity contribution is 0.0761. The summed E-state index contributed by atoms with van der Waals surface area (Å²) in [5, 5.41) is 2.18. The van der Waals surface area contributed by atoms with E-state index in [4.69, 9.17) is 9.47 Å². The molecule has 4 rings (SSSR count). The highest BCUT2D eigenvalue weighted by atomic mass is 32.2. The molecule has 1 aromatic heterocycles. The first-order valence-electron chi connectivity index (χ1n) is 6.68. The van der Waals surface area contributed by atoms with Gasteiger partial charge in [-0.15, -0.1) is 23.1 Å². The molecule has 0 N–H and O–H groups in total. The van der Waals surface area contributed by atoms with Crippen molar-refractivity contribution in [3.8, 4) is 11.5 Å². The molecule has 1 atom stereocenters. The number of hydrogen-bond acceptors (Lipinski definition) is 5. The zero-order chi connectivity index (χ0) is 14.2. The Morgan fingerprint density at radius 3 is 3.00 bits per heavy atom. The van der Waals surface area contributed by atoms with Crippen LogP contribution >= 0.6 is 23.1 Å². The Balaban J connectivity index is 1.62. The van der Waals surface area contributed by atoms with Crippen molar-refractivity contribution in [2.24, 2.45) is 0 Å². The molecule has 0 spiro atoms. The molecule has 1 saturated heterocycles. The smallest absolute Gasteiger partial charge is 0.255 e. The predicted molar refractivity (Wildman–Crippen MR) is 83.1 cm³/mol. The third kappa shape index (κ3) is 2.28. The van der Waals surface area contributed by atoms with Crippen LogP contribution in [0.5, 0.6) is 11.5 Å². The Morgan fingerprint density at radius 2 is 2.14 bits per heavy atom. The average molecular weight is 319 g/mol. The lowest BCUT2D eigenvalue weighted by Gasteiger charge is -2.23. The number of thiophene rings is 1. The molecule has 1 amide bonds. The van der Waals surface area contributed by atoms with Gasteiger partial charge in [-0.25, -0.2) is 0 Å². The number of carbonyl (C=O) groups excluding carboxylic acids is 1. The summed E-state index contributed by atoms with van der Waals surface area (Å²) in [5.74, 6) is 2.38. The molecule has 21 heavy (non-hydrogen) atoms. The van der Waals surface area contributed by atoms with Crippen LogP contribution in [0.3, 0.4) is 0 Å². The van der Waals surface area contributed by atoms with Crippen molar-refractivity contribution < 1.29 is 14.3 Å². The van der Waals surface area contributed by atoms with Gasteiger partial charge in [0.25, 0.3) is 5.91 Å². The normalized spacial score (nSPS) is 20.0. The van der Waals surface area contributed by atoms with Gasteiger partial charge in [-0.2, -0.15) is 0 Å². The molecule has 2 aliphatic heterocycles. The second-order valence-electron chi connectivity index (χ2n) is 4.81. The maximum atomic E-state index is 12.8. The maximum Gasteiger partial charge on any atom is 0.255 e.